The van der Waals surface area contributed by atoms with Gasteiger partial charge in [0.2, 0.25) is 0 Å². The van der Waals surface area contributed by atoms with E-state index in [0.717, 1.165) is 0 Å². The van der Waals surface area contributed by atoms with Crippen molar-refractivity contribution in [3.8, 4) is 0 Å². The zero-order chi connectivity index (χ0) is 5.82. The maximum atomic E-state index is 5.67. The minimum absolute atomic E-state index is 0. The van der Waals surface area contributed by atoms with Crippen LogP contribution >= 0.6 is 9.07 Å². The first kappa shape index (κ1) is 23.5. The second kappa shape index (κ2) is 15.2. The molecule has 0 saturated heterocycles. The molecule has 1 rings (SSSR count). The van der Waals surface area contributed by atoms with Crippen LogP contribution in [-0.2, 0) is 0 Å². The molecule has 0 saturated carbocycles. The Labute approximate surface area is 116 Å². The second-order valence-electron chi connectivity index (χ2n) is 1.62. The summed E-state index contributed by atoms with van der Waals surface area (Å²) in [5, 5.41) is 0. The summed E-state index contributed by atoms with van der Waals surface area (Å²) in [6.45, 7) is 0. The van der Waals surface area contributed by atoms with Gasteiger partial charge in [-0.3, -0.25) is 0 Å². The van der Waals surface area contributed by atoms with Crippen LogP contribution in [0.5, 0.6) is 0 Å². The van der Waals surface area contributed by atoms with Crippen LogP contribution in [0.4, 0.5) is 0 Å². The average molecular weight is 270 g/mol. The molecule has 0 fully saturated rings. The van der Waals surface area contributed by atoms with E-state index in [2.05, 4.69) is 12.1 Å². The molecule has 0 nitrogen and oxygen atoms in total. The Morgan fingerprint density at radius 3 is 1.58 bits per heavy atom. The van der Waals surface area contributed by atoms with Gasteiger partial charge in [0.25, 0.3) is 0 Å². The zero-order valence-corrected chi connectivity index (χ0v) is 11.8. The maximum Gasteiger partial charge on any atom is 3.00 e. The van der Waals surface area contributed by atoms with Crippen molar-refractivity contribution in [1.29, 1.82) is 0 Å². The Morgan fingerprint density at radius 1 is 0.917 bits per heavy atom. The minimum atomic E-state index is -0.437. The Kier molecular flexibility index (Phi) is 29.7. The molecule has 0 aromatic heterocycles. The quantitative estimate of drug-likeness (QED) is 0.445. The number of hydrogen-bond donors (Lipinski definition) is 0. The SMILES string of the molecule is [Al+3].[Cl-].[Cl-].[Cl-].[Cl][Mg][c]1ccccc1. The fraction of sp³-hybridized carbons (Fsp3) is 0. The molecule has 62 valence electrons. The fourth-order valence-electron chi connectivity index (χ4n) is 0.567. The maximum absolute atomic E-state index is 5.67. The average Bonchev–Trinajstić information content (AvgIpc) is 1.90. The molecule has 0 atom stereocenters. The van der Waals surface area contributed by atoms with Crippen LogP contribution in [-0.4, -0.2) is 36.6 Å². The van der Waals surface area contributed by atoms with E-state index >= 15 is 0 Å². The molecule has 0 N–H and O–H groups in total. The number of rotatable bonds is 1. The molecular weight excluding hydrogens is 265 g/mol. The van der Waals surface area contributed by atoms with Crippen LogP contribution in [0, 0.1) is 0 Å². The van der Waals surface area contributed by atoms with Gasteiger partial charge < -0.3 is 46.3 Å². The van der Waals surface area contributed by atoms with Gasteiger partial charge in [0, 0.05) is 0 Å². The number of benzene rings is 1. The smallest absolute Gasteiger partial charge is 1.00 e. The van der Waals surface area contributed by atoms with Crippen LogP contribution < -0.4 is 40.9 Å². The first-order chi connectivity index (χ1) is 3.93. The first-order valence-corrected chi connectivity index (χ1v) is 5.38. The van der Waals surface area contributed by atoms with Gasteiger partial charge in [-0.25, -0.2) is 0 Å². The Morgan fingerprint density at radius 2 is 1.33 bits per heavy atom. The van der Waals surface area contributed by atoms with Crippen LogP contribution in [0.25, 0.3) is 0 Å². The van der Waals surface area contributed by atoms with Crippen LogP contribution in [0.1, 0.15) is 0 Å². The predicted octanol–water partition coefficient (Wildman–Crippen LogP) is -8.20. The standard InChI is InChI=1S/C6H5.Al.4ClH.Mg/c1-2-4-6-5-3-1;;;;;;/h1-5H;;4*1H;/q;+3;;;;;+1/p-4. The van der Waals surface area contributed by atoms with E-state index in [4.69, 9.17) is 9.07 Å². The fourth-order valence-corrected chi connectivity index (χ4v) is 1.55. The molecule has 1 aromatic rings. The molecule has 0 spiro atoms. The predicted molar refractivity (Wildman–Crippen MR) is 43.4 cm³/mol. The third-order valence-electron chi connectivity index (χ3n) is 0.997. The van der Waals surface area contributed by atoms with Gasteiger partial charge in [-0.05, 0) is 0 Å². The van der Waals surface area contributed by atoms with E-state index in [-0.39, 0.29) is 54.6 Å². The normalized spacial score (nSPS) is 5.42. The third-order valence-corrected chi connectivity index (χ3v) is 2.70. The van der Waals surface area contributed by atoms with Gasteiger partial charge in [0.1, 0.15) is 0 Å². The van der Waals surface area contributed by atoms with Crippen molar-refractivity contribution in [1.82, 2.24) is 0 Å². The van der Waals surface area contributed by atoms with E-state index < -0.39 is 19.3 Å². The minimum Gasteiger partial charge on any atom is -1.00 e. The molecule has 0 unspecified atom stereocenters. The summed E-state index contributed by atoms with van der Waals surface area (Å²) in [5.74, 6) is 0. The molecule has 1 aromatic carbocycles. The summed E-state index contributed by atoms with van der Waals surface area (Å²) in [4.78, 5) is 0. The van der Waals surface area contributed by atoms with E-state index in [1.54, 1.807) is 0 Å². The number of halogens is 4. The Balaban J connectivity index is -0.0000000800. The van der Waals surface area contributed by atoms with E-state index in [9.17, 15) is 0 Å². The molecule has 0 aliphatic carbocycles. The van der Waals surface area contributed by atoms with Crippen molar-refractivity contribution < 1.29 is 37.2 Å². The molecule has 12 heavy (non-hydrogen) atoms. The van der Waals surface area contributed by atoms with Crippen molar-refractivity contribution in [3.05, 3.63) is 30.3 Å². The van der Waals surface area contributed by atoms with E-state index in [1.807, 2.05) is 18.2 Å². The molecule has 0 bridgehead atoms. The summed E-state index contributed by atoms with van der Waals surface area (Å²) in [7, 11) is 5.67. The summed E-state index contributed by atoms with van der Waals surface area (Å²) in [5.41, 5.74) is 0. The van der Waals surface area contributed by atoms with Crippen LogP contribution in [0.2, 0.25) is 0 Å². The first-order valence-electron chi connectivity index (χ1n) is 2.53. The Bertz CT molecular complexity index is 161. The molecule has 6 heteroatoms. The van der Waals surface area contributed by atoms with Gasteiger partial charge in [0.05, 0.1) is 0 Å². The van der Waals surface area contributed by atoms with Gasteiger partial charge in [-0.2, -0.15) is 0 Å². The van der Waals surface area contributed by atoms with E-state index in [0.29, 0.717) is 0 Å². The van der Waals surface area contributed by atoms with Crippen molar-refractivity contribution in [2.45, 2.75) is 0 Å². The zero-order valence-electron chi connectivity index (χ0n) is 6.18. The Hall–Kier alpha value is 1.68. The van der Waals surface area contributed by atoms with Crippen molar-refractivity contribution >= 4 is 49.4 Å². The summed E-state index contributed by atoms with van der Waals surface area (Å²) < 4.78 is 1.31. The van der Waals surface area contributed by atoms with Gasteiger partial charge >= 0.3 is 36.6 Å². The molecular formula is C6H5AlCl4Mg. The van der Waals surface area contributed by atoms with Crippen LogP contribution in [0.15, 0.2) is 30.3 Å². The van der Waals surface area contributed by atoms with Gasteiger partial charge in [0.15, 0.2) is 0 Å². The molecule has 0 amide bonds. The molecule has 0 aliphatic heterocycles. The molecule has 0 aliphatic rings. The second-order valence-corrected chi connectivity index (χ2v) is 3.50. The third kappa shape index (κ3) is 9.76. The van der Waals surface area contributed by atoms with Crippen molar-refractivity contribution in [2.24, 2.45) is 0 Å². The summed E-state index contributed by atoms with van der Waals surface area (Å²) >= 11 is -0.437. The molecule has 0 heterocycles. The van der Waals surface area contributed by atoms with E-state index in [1.165, 1.54) is 3.69 Å². The van der Waals surface area contributed by atoms with Crippen molar-refractivity contribution in [3.63, 3.8) is 0 Å². The molecule has 0 radical (unpaired) electrons. The van der Waals surface area contributed by atoms with Crippen LogP contribution in [0.3, 0.4) is 0 Å². The van der Waals surface area contributed by atoms with Gasteiger partial charge in [-0.1, -0.05) is 30.3 Å². The topological polar surface area (TPSA) is 0 Å². The van der Waals surface area contributed by atoms with Crippen molar-refractivity contribution in [2.75, 3.05) is 0 Å². The number of hydrogen-bond acceptors (Lipinski definition) is 0. The summed E-state index contributed by atoms with van der Waals surface area (Å²) in [6, 6.07) is 10.2. The van der Waals surface area contributed by atoms with Gasteiger partial charge in [-0.15, -0.1) is 3.69 Å². The largest absolute Gasteiger partial charge is 3.00 e. The monoisotopic (exact) mass is 268 g/mol. The summed E-state index contributed by atoms with van der Waals surface area (Å²) in [6.07, 6.45) is 0.